The molecule has 5 heteroatoms. The van der Waals surface area contributed by atoms with Crippen LogP contribution in [-0.2, 0) is 6.42 Å². The van der Waals surface area contributed by atoms with Crippen LogP contribution in [0.2, 0.25) is 5.02 Å². The Hall–Kier alpha value is -0.900. The van der Waals surface area contributed by atoms with Crippen molar-refractivity contribution in [2.75, 3.05) is 13.7 Å². The second-order valence-corrected chi connectivity index (χ2v) is 4.62. The first kappa shape index (κ1) is 15.2. The number of methoxy groups -OCH3 is 1. The van der Waals surface area contributed by atoms with Crippen molar-refractivity contribution >= 4 is 23.2 Å². The quantitative estimate of drug-likeness (QED) is 0.873. The minimum atomic E-state index is 0.0664. The number of ether oxygens (including phenoxy) is 2. The summed E-state index contributed by atoms with van der Waals surface area (Å²) in [4.78, 5) is 0. The van der Waals surface area contributed by atoms with Gasteiger partial charge in [-0.15, -0.1) is 0 Å². The van der Waals surface area contributed by atoms with Crippen LogP contribution in [0.4, 0.5) is 0 Å². The van der Waals surface area contributed by atoms with Gasteiger partial charge in [0.05, 0.1) is 12.1 Å². The third kappa shape index (κ3) is 4.41. The van der Waals surface area contributed by atoms with Crippen LogP contribution >= 0.6 is 23.2 Å². The average Bonchev–Trinajstić information content (AvgIpc) is 2.30. The second kappa shape index (κ2) is 7.52. The van der Waals surface area contributed by atoms with Crippen LogP contribution < -0.4 is 15.2 Å². The maximum atomic E-state index is 6.17. The van der Waals surface area contributed by atoms with Crippen LogP contribution in [0.15, 0.2) is 23.7 Å². The van der Waals surface area contributed by atoms with E-state index < -0.39 is 0 Å². The van der Waals surface area contributed by atoms with Crippen molar-refractivity contribution in [3.63, 3.8) is 0 Å². The van der Waals surface area contributed by atoms with Gasteiger partial charge >= 0.3 is 0 Å². The first-order valence-corrected chi connectivity index (χ1v) is 6.40. The highest BCUT2D eigenvalue weighted by molar-refractivity contribution is 6.32. The normalized spacial score (nSPS) is 12.7. The number of halogens is 2. The van der Waals surface area contributed by atoms with Gasteiger partial charge in [-0.3, -0.25) is 0 Å². The topological polar surface area (TPSA) is 44.5 Å². The molecule has 100 valence electrons. The second-order valence-electron chi connectivity index (χ2n) is 3.96. The van der Waals surface area contributed by atoms with Crippen molar-refractivity contribution in [3.8, 4) is 11.5 Å². The summed E-state index contributed by atoms with van der Waals surface area (Å²) in [5.74, 6) is 1.11. The number of hydrogen-bond acceptors (Lipinski definition) is 3. The zero-order chi connectivity index (χ0) is 13.5. The summed E-state index contributed by atoms with van der Waals surface area (Å²) < 4.78 is 10.8. The Morgan fingerprint density at radius 3 is 2.72 bits per heavy atom. The molecule has 1 atom stereocenters. The van der Waals surface area contributed by atoms with Gasteiger partial charge in [-0.2, -0.15) is 0 Å². The van der Waals surface area contributed by atoms with Crippen molar-refractivity contribution in [2.24, 2.45) is 5.73 Å². The fourth-order valence-electron chi connectivity index (χ4n) is 1.57. The lowest BCUT2D eigenvalue weighted by Gasteiger charge is -2.14. The minimum Gasteiger partial charge on any atom is -0.493 e. The maximum absolute atomic E-state index is 6.17. The van der Waals surface area contributed by atoms with Crippen molar-refractivity contribution < 1.29 is 9.47 Å². The Kier molecular flexibility index (Phi) is 6.33. The Morgan fingerprint density at radius 2 is 2.17 bits per heavy atom. The standard InChI is InChI=1S/C13H17Cl2NO2/c1-9(16)6-10-7-11(15)13(12(8-10)17-2)18-5-3-4-14/h3-4,7-9H,5-6,16H2,1-2H3/b4-3+. The molecular weight excluding hydrogens is 273 g/mol. The molecule has 0 saturated carbocycles. The van der Waals surface area contributed by atoms with E-state index in [0.717, 1.165) is 12.0 Å². The van der Waals surface area contributed by atoms with E-state index >= 15 is 0 Å². The van der Waals surface area contributed by atoms with Crippen LogP contribution in [0, 0.1) is 0 Å². The maximum Gasteiger partial charge on any atom is 0.180 e. The van der Waals surface area contributed by atoms with E-state index in [9.17, 15) is 0 Å². The molecule has 0 aromatic heterocycles. The largest absolute Gasteiger partial charge is 0.493 e. The fourth-order valence-corrected chi connectivity index (χ4v) is 1.93. The molecule has 1 unspecified atom stereocenters. The molecular formula is C13H17Cl2NO2. The van der Waals surface area contributed by atoms with Crippen LogP contribution in [0.5, 0.6) is 11.5 Å². The summed E-state index contributed by atoms with van der Waals surface area (Å²) in [6.45, 7) is 2.28. The lowest BCUT2D eigenvalue weighted by atomic mass is 10.1. The first-order valence-electron chi connectivity index (χ1n) is 5.58. The SMILES string of the molecule is COc1cc(CC(C)N)cc(Cl)c1OC/C=C/Cl. The summed E-state index contributed by atoms with van der Waals surface area (Å²) in [5.41, 5.74) is 8.18. The number of rotatable bonds is 6. The highest BCUT2D eigenvalue weighted by Gasteiger charge is 2.12. The highest BCUT2D eigenvalue weighted by Crippen LogP contribution is 2.36. The minimum absolute atomic E-state index is 0.0664. The molecule has 0 fully saturated rings. The summed E-state index contributed by atoms with van der Waals surface area (Å²) in [7, 11) is 1.57. The summed E-state index contributed by atoms with van der Waals surface area (Å²) in [6, 6.07) is 3.79. The van der Waals surface area contributed by atoms with Gasteiger partial charge in [0, 0.05) is 11.6 Å². The molecule has 0 amide bonds. The Morgan fingerprint density at radius 1 is 1.44 bits per heavy atom. The van der Waals surface area contributed by atoms with E-state index in [2.05, 4.69) is 0 Å². The zero-order valence-electron chi connectivity index (χ0n) is 10.5. The van der Waals surface area contributed by atoms with E-state index in [1.807, 2.05) is 19.1 Å². The molecule has 2 N–H and O–H groups in total. The Bertz CT molecular complexity index is 420. The highest BCUT2D eigenvalue weighted by atomic mass is 35.5. The molecule has 0 aliphatic rings. The van der Waals surface area contributed by atoms with Gasteiger partial charge in [-0.25, -0.2) is 0 Å². The van der Waals surface area contributed by atoms with E-state index in [4.69, 9.17) is 38.4 Å². The lowest BCUT2D eigenvalue weighted by molar-refractivity contribution is 0.326. The molecule has 1 rings (SSSR count). The van der Waals surface area contributed by atoms with Gasteiger partial charge in [0.25, 0.3) is 0 Å². The van der Waals surface area contributed by atoms with Crippen molar-refractivity contribution in [2.45, 2.75) is 19.4 Å². The van der Waals surface area contributed by atoms with Crippen LogP contribution in [0.3, 0.4) is 0 Å². The number of nitrogens with two attached hydrogens (primary N) is 1. The predicted octanol–water partition coefficient (Wildman–Crippen LogP) is 3.37. The molecule has 18 heavy (non-hydrogen) atoms. The third-order valence-corrected chi connectivity index (χ3v) is 2.72. The molecule has 0 heterocycles. The van der Waals surface area contributed by atoms with E-state index in [0.29, 0.717) is 23.1 Å². The molecule has 0 spiro atoms. The molecule has 0 saturated heterocycles. The monoisotopic (exact) mass is 289 g/mol. The van der Waals surface area contributed by atoms with Gasteiger partial charge in [0.15, 0.2) is 11.5 Å². The molecule has 0 aliphatic carbocycles. The number of hydrogen-bond donors (Lipinski definition) is 1. The predicted molar refractivity (Wildman–Crippen MR) is 75.8 cm³/mol. The average molecular weight is 290 g/mol. The Labute approximate surface area is 117 Å². The van der Waals surface area contributed by atoms with Gasteiger partial charge < -0.3 is 15.2 Å². The van der Waals surface area contributed by atoms with Gasteiger partial charge in [0.1, 0.15) is 6.61 Å². The molecule has 0 radical (unpaired) electrons. The van der Waals surface area contributed by atoms with Crippen molar-refractivity contribution in [3.05, 3.63) is 34.3 Å². The summed E-state index contributed by atoms with van der Waals surface area (Å²) >= 11 is 11.6. The van der Waals surface area contributed by atoms with Crippen LogP contribution in [-0.4, -0.2) is 19.8 Å². The summed E-state index contributed by atoms with van der Waals surface area (Å²) in [6.07, 6.45) is 2.41. The summed E-state index contributed by atoms with van der Waals surface area (Å²) in [5, 5.41) is 0.507. The van der Waals surface area contributed by atoms with Gasteiger partial charge in [-0.05, 0) is 37.1 Å². The molecule has 1 aromatic carbocycles. The molecule has 3 nitrogen and oxygen atoms in total. The van der Waals surface area contributed by atoms with E-state index in [1.165, 1.54) is 5.54 Å². The van der Waals surface area contributed by atoms with Crippen molar-refractivity contribution in [1.82, 2.24) is 0 Å². The molecule has 0 bridgehead atoms. The molecule has 1 aromatic rings. The van der Waals surface area contributed by atoms with E-state index in [1.54, 1.807) is 13.2 Å². The number of benzene rings is 1. The molecule has 0 aliphatic heterocycles. The van der Waals surface area contributed by atoms with Gasteiger partial charge in [0.2, 0.25) is 0 Å². The van der Waals surface area contributed by atoms with Crippen LogP contribution in [0.25, 0.3) is 0 Å². The third-order valence-electron chi connectivity index (χ3n) is 2.26. The first-order chi connectivity index (χ1) is 8.58. The van der Waals surface area contributed by atoms with Crippen molar-refractivity contribution in [1.29, 1.82) is 0 Å². The zero-order valence-corrected chi connectivity index (χ0v) is 12.0. The van der Waals surface area contributed by atoms with E-state index in [-0.39, 0.29) is 6.04 Å². The Balaban J connectivity index is 2.96. The smallest absolute Gasteiger partial charge is 0.180 e. The van der Waals surface area contributed by atoms with Gasteiger partial charge in [-0.1, -0.05) is 23.2 Å². The fraction of sp³-hybridized carbons (Fsp3) is 0.385. The lowest BCUT2D eigenvalue weighted by Crippen LogP contribution is -2.17. The van der Waals surface area contributed by atoms with Crippen LogP contribution in [0.1, 0.15) is 12.5 Å².